The molecule has 1 heterocycles. The van der Waals surface area contributed by atoms with Crippen molar-refractivity contribution in [3.05, 3.63) is 94.9 Å². The molecule has 1 N–H and O–H groups in total. The van der Waals surface area contributed by atoms with Crippen molar-refractivity contribution in [2.45, 2.75) is 44.3 Å². The number of furan rings is 1. The number of nitrogens with one attached hydrogen (secondary N) is 1. The first-order chi connectivity index (χ1) is 15.1. The molecular formula is C25H25ClN2O3. The number of rotatable bonds is 7. The second kappa shape index (κ2) is 9.84. The van der Waals surface area contributed by atoms with Crippen LogP contribution >= 0.6 is 11.6 Å². The van der Waals surface area contributed by atoms with Crippen LogP contribution < -0.4 is 5.32 Å². The van der Waals surface area contributed by atoms with E-state index in [0.29, 0.717) is 5.02 Å². The Labute approximate surface area is 187 Å². The monoisotopic (exact) mass is 436 g/mol. The summed E-state index contributed by atoms with van der Waals surface area (Å²) in [6.07, 6.45) is 5.59. The smallest absolute Gasteiger partial charge is 0.290 e. The molecule has 4 rings (SSSR count). The number of hydrogen-bond acceptors (Lipinski definition) is 3. The molecule has 1 fully saturated rings. The average Bonchev–Trinajstić information content (AvgIpc) is 3.49. The maximum atomic E-state index is 13.5. The van der Waals surface area contributed by atoms with Gasteiger partial charge in [0.15, 0.2) is 5.76 Å². The number of amides is 2. The van der Waals surface area contributed by atoms with Crippen LogP contribution in [0.25, 0.3) is 0 Å². The second-order valence-corrected chi connectivity index (χ2v) is 8.21. The predicted octanol–water partition coefficient (Wildman–Crippen LogP) is 5.38. The molecule has 1 saturated carbocycles. The van der Waals surface area contributed by atoms with E-state index in [1.165, 1.54) is 6.26 Å². The Balaban J connectivity index is 1.73. The molecule has 1 atom stereocenters. The molecule has 2 aromatic carbocycles. The predicted molar refractivity (Wildman–Crippen MR) is 120 cm³/mol. The topological polar surface area (TPSA) is 62.6 Å². The third kappa shape index (κ3) is 5.00. The molecule has 0 saturated heterocycles. The van der Waals surface area contributed by atoms with Gasteiger partial charge in [0.2, 0.25) is 5.91 Å². The van der Waals surface area contributed by atoms with Crippen LogP contribution in [0.3, 0.4) is 0 Å². The molecule has 1 unspecified atom stereocenters. The van der Waals surface area contributed by atoms with Crippen molar-refractivity contribution in [2.75, 3.05) is 0 Å². The van der Waals surface area contributed by atoms with Crippen molar-refractivity contribution in [1.29, 1.82) is 0 Å². The van der Waals surface area contributed by atoms with Gasteiger partial charge in [-0.25, -0.2) is 0 Å². The van der Waals surface area contributed by atoms with E-state index in [1.54, 1.807) is 23.1 Å². The Morgan fingerprint density at radius 2 is 1.71 bits per heavy atom. The lowest BCUT2D eigenvalue weighted by molar-refractivity contribution is -0.126. The van der Waals surface area contributed by atoms with Gasteiger partial charge in [-0.05, 0) is 42.2 Å². The van der Waals surface area contributed by atoms with Crippen LogP contribution in [0.4, 0.5) is 0 Å². The molecule has 31 heavy (non-hydrogen) atoms. The maximum Gasteiger partial charge on any atom is 0.290 e. The summed E-state index contributed by atoms with van der Waals surface area (Å²) in [5.41, 5.74) is 1.50. The number of carbonyl (C=O) groups excluding carboxylic acids is 2. The van der Waals surface area contributed by atoms with E-state index in [9.17, 15) is 9.59 Å². The van der Waals surface area contributed by atoms with E-state index < -0.39 is 6.04 Å². The fraction of sp³-hybridized carbons (Fsp3) is 0.280. The highest BCUT2D eigenvalue weighted by atomic mass is 35.5. The molecule has 0 aliphatic heterocycles. The average molecular weight is 437 g/mol. The van der Waals surface area contributed by atoms with Crippen LogP contribution in [0.2, 0.25) is 5.02 Å². The van der Waals surface area contributed by atoms with Crippen LogP contribution in [0.15, 0.2) is 77.4 Å². The van der Waals surface area contributed by atoms with Crippen LogP contribution in [-0.2, 0) is 11.3 Å². The van der Waals surface area contributed by atoms with Gasteiger partial charge in [0.25, 0.3) is 5.91 Å². The third-order valence-corrected chi connectivity index (χ3v) is 6.04. The Kier molecular flexibility index (Phi) is 6.73. The Morgan fingerprint density at radius 3 is 2.39 bits per heavy atom. The van der Waals surface area contributed by atoms with Gasteiger partial charge in [0.1, 0.15) is 6.04 Å². The summed E-state index contributed by atoms with van der Waals surface area (Å²) in [6.45, 7) is 0.177. The quantitative estimate of drug-likeness (QED) is 0.541. The second-order valence-electron chi connectivity index (χ2n) is 7.80. The lowest BCUT2D eigenvalue weighted by Crippen LogP contribution is -2.45. The van der Waals surface area contributed by atoms with Crippen molar-refractivity contribution >= 4 is 23.4 Å². The van der Waals surface area contributed by atoms with Gasteiger partial charge < -0.3 is 14.6 Å². The molecule has 1 aliphatic carbocycles. The van der Waals surface area contributed by atoms with Gasteiger partial charge in [-0.3, -0.25) is 9.59 Å². The first kappa shape index (κ1) is 21.2. The zero-order valence-corrected chi connectivity index (χ0v) is 17.9. The standard InChI is InChI=1S/C25H25ClN2O3/c26-21-14-7-4-11-19(21)17-28(25(30)22-15-8-16-31-22)23(18-9-2-1-3-10-18)24(29)27-20-12-5-6-13-20/h1-4,7-11,14-16,20,23H,5-6,12-13,17H2,(H,27,29). The number of halogens is 1. The number of benzene rings is 2. The third-order valence-electron chi connectivity index (χ3n) is 5.67. The summed E-state index contributed by atoms with van der Waals surface area (Å²) in [5.74, 6) is -0.368. The van der Waals surface area contributed by atoms with Crippen molar-refractivity contribution in [2.24, 2.45) is 0 Å². The SMILES string of the molecule is O=C(NC1CCCC1)C(c1ccccc1)N(Cc1ccccc1Cl)C(=O)c1ccco1. The Hall–Kier alpha value is -3.05. The zero-order chi connectivity index (χ0) is 21.6. The largest absolute Gasteiger partial charge is 0.459 e. The van der Waals surface area contributed by atoms with Gasteiger partial charge >= 0.3 is 0 Å². The summed E-state index contributed by atoms with van der Waals surface area (Å²) in [4.78, 5) is 28.6. The first-order valence-electron chi connectivity index (χ1n) is 10.6. The highest BCUT2D eigenvalue weighted by molar-refractivity contribution is 6.31. The highest BCUT2D eigenvalue weighted by Crippen LogP contribution is 2.29. The number of nitrogens with zero attached hydrogens (tertiary/aromatic N) is 1. The van der Waals surface area contributed by atoms with Gasteiger partial charge in [0.05, 0.1) is 6.26 Å². The van der Waals surface area contributed by atoms with E-state index in [-0.39, 0.29) is 30.2 Å². The van der Waals surface area contributed by atoms with Crippen LogP contribution in [-0.4, -0.2) is 22.8 Å². The Morgan fingerprint density at radius 1 is 1.00 bits per heavy atom. The van der Waals surface area contributed by atoms with Crippen molar-refractivity contribution in [1.82, 2.24) is 10.2 Å². The zero-order valence-electron chi connectivity index (χ0n) is 17.2. The number of hydrogen-bond donors (Lipinski definition) is 1. The summed E-state index contributed by atoms with van der Waals surface area (Å²) in [5, 5.41) is 3.71. The van der Waals surface area contributed by atoms with Gasteiger partial charge in [-0.1, -0.05) is 73.0 Å². The minimum atomic E-state index is -0.810. The first-order valence-corrected chi connectivity index (χ1v) is 10.9. The fourth-order valence-electron chi connectivity index (χ4n) is 4.09. The lowest BCUT2D eigenvalue weighted by Gasteiger charge is -2.32. The molecule has 0 radical (unpaired) electrons. The molecular weight excluding hydrogens is 412 g/mol. The van der Waals surface area contributed by atoms with E-state index in [1.807, 2.05) is 48.5 Å². The molecule has 5 nitrogen and oxygen atoms in total. The molecule has 0 bridgehead atoms. The molecule has 160 valence electrons. The van der Waals surface area contributed by atoms with E-state index in [0.717, 1.165) is 36.8 Å². The normalized spacial score (nSPS) is 14.9. The van der Waals surface area contributed by atoms with Crippen LogP contribution in [0.1, 0.15) is 53.4 Å². The highest BCUT2D eigenvalue weighted by Gasteiger charge is 2.34. The van der Waals surface area contributed by atoms with E-state index >= 15 is 0 Å². The molecule has 1 aliphatic rings. The fourth-order valence-corrected chi connectivity index (χ4v) is 4.29. The van der Waals surface area contributed by atoms with E-state index in [2.05, 4.69) is 5.32 Å². The minimum Gasteiger partial charge on any atom is -0.459 e. The van der Waals surface area contributed by atoms with Gasteiger partial charge in [0, 0.05) is 17.6 Å². The van der Waals surface area contributed by atoms with Crippen LogP contribution in [0.5, 0.6) is 0 Å². The summed E-state index contributed by atoms with van der Waals surface area (Å²) in [7, 11) is 0. The minimum absolute atomic E-state index is 0.139. The van der Waals surface area contributed by atoms with Crippen LogP contribution in [0, 0.1) is 0 Å². The van der Waals surface area contributed by atoms with E-state index in [4.69, 9.17) is 16.0 Å². The summed E-state index contributed by atoms with van der Waals surface area (Å²) in [6, 6.07) is 19.3. The Bertz CT molecular complexity index is 1010. The number of carbonyl (C=O) groups is 2. The van der Waals surface area contributed by atoms with Crippen molar-refractivity contribution < 1.29 is 14.0 Å². The van der Waals surface area contributed by atoms with Crippen molar-refractivity contribution in [3.63, 3.8) is 0 Å². The van der Waals surface area contributed by atoms with Gasteiger partial charge in [-0.2, -0.15) is 0 Å². The molecule has 1 aromatic heterocycles. The summed E-state index contributed by atoms with van der Waals surface area (Å²) >= 11 is 6.40. The molecule has 2 amide bonds. The molecule has 3 aromatic rings. The molecule has 0 spiro atoms. The van der Waals surface area contributed by atoms with Crippen molar-refractivity contribution in [3.8, 4) is 0 Å². The van der Waals surface area contributed by atoms with Gasteiger partial charge in [-0.15, -0.1) is 0 Å². The summed E-state index contributed by atoms with van der Waals surface area (Å²) < 4.78 is 5.39. The molecule has 6 heteroatoms. The lowest BCUT2D eigenvalue weighted by atomic mass is 10.0. The maximum absolute atomic E-state index is 13.5.